The SMILES string of the molecule is COc1cccc(CC(NN)c2ccc(C)cc2OC)c1. The summed E-state index contributed by atoms with van der Waals surface area (Å²) in [6.45, 7) is 2.04. The highest BCUT2D eigenvalue weighted by atomic mass is 16.5. The molecular formula is C17H22N2O2. The number of ether oxygens (including phenoxy) is 2. The van der Waals surface area contributed by atoms with Crippen LogP contribution in [0, 0.1) is 6.92 Å². The van der Waals surface area contributed by atoms with Crippen molar-refractivity contribution >= 4 is 0 Å². The molecule has 0 radical (unpaired) electrons. The molecule has 21 heavy (non-hydrogen) atoms. The molecule has 0 bridgehead atoms. The van der Waals surface area contributed by atoms with Crippen LogP contribution in [-0.2, 0) is 6.42 Å². The fraction of sp³-hybridized carbons (Fsp3) is 0.294. The predicted molar refractivity (Wildman–Crippen MR) is 84.5 cm³/mol. The first-order valence-electron chi connectivity index (χ1n) is 6.91. The van der Waals surface area contributed by atoms with Crippen molar-refractivity contribution in [1.82, 2.24) is 5.43 Å². The van der Waals surface area contributed by atoms with Crippen LogP contribution >= 0.6 is 0 Å². The summed E-state index contributed by atoms with van der Waals surface area (Å²) < 4.78 is 10.7. The number of nitrogens with two attached hydrogens (primary N) is 1. The van der Waals surface area contributed by atoms with Crippen LogP contribution in [0.25, 0.3) is 0 Å². The molecule has 0 aromatic heterocycles. The lowest BCUT2D eigenvalue weighted by Crippen LogP contribution is -2.30. The average molecular weight is 286 g/mol. The van der Waals surface area contributed by atoms with Gasteiger partial charge in [-0.2, -0.15) is 0 Å². The number of methoxy groups -OCH3 is 2. The van der Waals surface area contributed by atoms with E-state index < -0.39 is 0 Å². The zero-order valence-electron chi connectivity index (χ0n) is 12.7. The topological polar surface area (TPSA) is 56.5 Å². The van der Waals surface area contributed by atoms with Crippen molar-refractivity contribution < 1.29 is 9.47 Å². The van der Waals surface area contributed by atoms with Crippen LogP contribution in [0.5, 0.6) is 11.5 Å². The van der Waals surface area contributed by atoms with E-state index in [1.807, 2.05) is 31.2 Å². The monoisotopic (exact) mass is 286 g/mol. The number of hydrogen-bond donors (Lipinski definition) is 2. The first-order chi connectivity index (χ1) is 10.2. The summed E-state index contributed by atoms with van der Waals surface area (Å²) in [6.07, 6.45) is 0.757. The number of nitrogens with one attached hydrogen (secondary N) is 1. The predicted octanol–water partition coefficient (Wildman–Crippen LogP) is 2.76. The third-order valence-corrected chi connectivity index (χ3v) is 3.54. The van der Waals surface area contributed by atoms with Gasteiger partial charge in [0.15, 0.2) is 0 Å². The number of benzene rings is 2. The molecule has 1 unspecified atom stereocenters. The fourth-order valence-electron chi connectivity index (χ4n) is 2.40. The molecule has 0 spiro atoms. The van der Waals surface area contributed by atoms with Gasteiger partial charge in [-0.3, -0.25) is 11.3 Å². The van der Waals surface area contributed by atoms with Crippen LogP contribution in [0.3, 0.4) is 0 Å². The number of hydrazine groups is 1. The number of aryl methyl sites for hydroxylation is 1. The van der Waals surface area contributed by atoms with E-state index in [0.29, 0.717) is 0 Å². The van der Waals surface area contributed by atoms with Gasteiger partial charge in [0.2, 0.25) is 0 Å². The molecule has 0 aliphatic carbocycles. The summed E-state index contributed by atoms with van der Waals surface area (Å²) in [6, 6.07) is 14.1. The van der Waals surface area contributed by atoms with E-state index in [1.54, 1.807) is 14.2 Å². The Bertz CT molecular complexity index is 599. The summed E-state index contributed by atoms with van der Waals surface area (Å²) in [5.41, 5.74) is 6.24. The molecule has 1 atom stereocenters. The molecule has 0 saturated heterocycles. The van der Waals surface area contributed by atoms with Crippen molar-refractivity contribution in [1.29, 1.82) is 0 Å². The van der Waals surface area contributed by atoms with Crippen LogP contribution in [0.2, 0.25) is 0 Å². The molecule has 0 aliphatic heterocycles. The second kappa shape index (κ2) is 7.11. The molecule has 2 rings (SSSR count). The van der Waals surface area contributed by atoms with Crippen LogP contribution in [0.1, 0.15) is 22.7 Å². The molecule has 0 heterocycles. The van der Waals surface area contributed by atoms with Crippen molar-refractivity contribution in [2.75, 3.05) is 14.2 Å². The molecule has 0 saturated carbocycles. The van der Waals surface area contributed by atoms with Crippen LogP contribution < -0.4 is 20.7 Å². The van der Waals surface area contributed by atoms with Crippen LogP contribution in [-0.4, -0.2) is 14.2 Å². The Balaban J connectivity index is 2.27. The van der Waals surface area contributed by atoms with E-state index in [9.17, 15) is 0 Å². The van der Waals surface area contributed by atoms with E-state index in [4.69, 9.17) is 15.3 Å². The largest absolute Gasteiger partial charge is 0.497 e. The molecule has 2 aromatic carbocycles. The van der Waals surface area contributed by atoms with Gasteiger partial charge in [-0.15, -0.1) is 0 Å². The van der Waals surface area contributed by atoms with E-state index in [2.05, 4.69) is 23.6 Å². The highest BCUT2D eigenvalue weighted by Crippen LogP contribution is 2.29. The lowest BCUT2D eigenvalue weighted by Gasteiger charge is -2.20. The van der Waals surface area contributed by atoms with Crippen molar-refractivity contribution in [3.63, 3.8) is 0 Å². The summed E-state index contributed by atoms with van der Waals surface area (Å²) in [5, 5.41) is 0. The molecule has 4 heteroatoms. The van der Waals surface area contributed by atoms with Crippen molar-refractivity contribution in [3.05, 3.63) is 59.2 Å². The quantitative estimate of drug-likeness (QED) is 0.633. The maximum Gasteiger partial charge on any atom is 0.123 e. The Morgan fingerprint density at radius 1 is 1.10 bits per heavy atom. The first kappa shape index (κ1) is 15.4. The highest BCUT2D eigenvalue weighted by molar-refractivity contribution is 5.40. The third kappa shape index (κ3) is 3.74. The standard InChI is InChI=1S/C17H22N2O2/c1-12-7-8-15(17(9-12)21-3)16(19-18)11-13-5-4-6-14(10-13)20-2/h4-10,16,19H,11,18H2,1-3H3. The van der Waals surface area contributed by atoms with Gasteiger partial charge in [0.25, 0.3) is 0 Å². The fourth-order valence-corrected chi connectivity index (χ4v) is 2.40. The maximum absolute atomic E-state index is 5.75. The summed E-state index contributed by atoms with van der Waals surface area (Å²) in [4.78, 5) is 0. The van der Waals surface area contributed by atoms with Gasteiger partial charge >= 0.3 is 0 Å². The van der Waals surface area contributed by atoms with Gasteiger partial charge in [0.1, 0.15) is 11.5 Å². The maximum atomic E-state index is 5.75. The Kier molecular flexibility index (Phi) is 5.20. The van der Waals surface area contributed by atoms with Gasteiger partial charge < -0.3 is 9.47 Å². The second-order valence-electron chi connectivity index (χ2n) is 5.02. The number of rotatable bonds is 6. The normalized spacial score (nSPS) is 12.0. The Morgan fingerprint density at radius 2 is 1.90 bits per heavy atom. The minimum atomic E-state index is -0.0207. The summed E-state index contributed by atoms with van der Waals surface area (Å²) >= 11 is 0. The van der Waals surface area contributed by atoms with Crippen molar-refractivity contribution in [2.24, 2.45) is 5.84 Å². The lowest BCUT2D eigenvalue weighted by molar-refractivity contribution is 0.398. The van der Waals surface area contributed by atoms with E-state index in [-0.39, 0.29) is 6.04 Å². The molecular weight excluding hydrogens is 264 g/mol. The minimum absolute atomic E-state index is 0.0207. The van der Waals surface area contributed by atoms with Gasteiger partial charge in [-0.25, -0.2) is 0 Å². The average Bonchev–Trinajstić information content (AvgIpc) is 2.53. The molecule has 3 N–H and O–H groups in total. The third-order valence-electron chi connectivity index (χ3n) is 3.54. The Labute approximate surface area is 125 Å². The lowest BCUT2D eigenvalue weighted by atomic mass is 9.97. The summed E-state index contributed by atoms with van der Waals surface area (Å²) in [7, 11) is 3.35. The first-order valence-corrected chi connectivity index (χ1v) is 6.91. The molecule has 4 nitrogen and oxygen atoms in total. The zero-order chi connectivity index (χ0) is 15.2. The van der Waals surface area contributed by atoms with Gasteiger partial charge in [0, 0.05) is 5.56 Å². The van der Waals surface area contributed by atoms with Gasteiger partial charge in [0.05, 0.1) is 20.3 Å². The summed E-state index contributed by atoms with van der Waals surface area (Å²) in [5.74, 6) is 7.44. The van der Waals surface area contributed by atoms with E-state index in [1.165, 1.54) is 0 Å². The van der Waals surface area contributed by atoms with E-state index in [0.717, 1.165) is 34.6 Å². The highest BCUT2D eigenvalue weighted by Gasteiger charge is 2.15. The van der Waals surface area contributed by atoms with Crippen LogP contribution in [0.15, 0.2) is 42.5 Å². The van der Waals surface area contributed by atoms with Crippen molar-refractivity contribution in [3.8, 4) is 11.5 Å². The number of hydrogen-bond acceptors (Lipinski definition) is 4. The van der Waals surface area contributed by atoms with Crippen LogP contribution in [0.4, 0.5) is 0 Å². The van der Waals surface area contributed by atoms with E-state index >= 15 is 0 Å². The second-order valence-corrected chi connectivity index (χ2v) is 5.02. The molecule has 0 aliphatic rings. The zero-order valence-corrected chi connectivity index (χ0v) is 12.7. The molecule has 0 fully saturated rings. The van der Waals surface area contributed by atoms with Gasteiger partial charge in [-0.1, -0.05) is 24.3 Å². The molecule has 0 amide bonds. The van der Waals surface area contributed by atoms with Gasteiger partial charge in [-0.05, 0) is 42.7 Å². The molecule has 2 aromatic rings. The van der Waals surface area contributed by atoms with Crippen molar-refractivity contribution in [2.45, 2.75) is 19.4 Å². The smallest absolute Gasteiger partial charge is 0.123 e. The minimum Gasteiger partial charge on any atom is -0.497 e. The molecule has 112 valence electrons. The Morgan fingerprint density at radius 3 is 2.57 bits per heavy atom. The Hall–Kier alpha value is -2.04.